The fraction of sp³-hybridized carbons (Fsp3) is 0.778. The van der Waals surface area contributed by atoms with E-state index in [1.807, 2.05) is 0 Å². The predicted octanol–water partition coefficient (Wildman–Crippen LogP) is -0.644. The summed E-state index contributed by atoms with van der Waals surface area (Å²) >= 11 is 0. The maximum Gasteiger partial charge on any atom is 0.260 e. The highest BCUT2D eigenvalue weighted by Gasteiger charge is 2.39. The van der Waals surface area contributed by atoms with Crippen LogP contribution in [0.1, 0.15) is 30.3 Å². The average molecular weight is 261 g/mol. The van der Waals surface area contributed by atoms with Crippen molar-refractivity contribution in [1.29, 1.82) is 0 Å². The summed E-state index contributed by atoms with van der Waals surface area (Å²) in [4.78, 5) is 3.98. The Kier molecular flexibility index (Phi) is 2.96. The zero-order valence-electron chi connectivity index (χ0n) is 9.67. The summed E-state index contributed by atoms with van der Waals surface area (Å²) < 4.78 is 27.6. The van der Waals surface area contributed by atoms with Gasteiger partial charge in [-0.1, -0.05) is 5.16 Å². The molecular weight excluding hydrogens is 246 g/mol. The molecule has 0 spiro atoms. The molecule has 7 nitrogen and oxygen atoms in total. The molecule has 1 aromatic rings. The van der Waals surface area contributed by atoms with Crippen molar-refractivity contribution in [3.8, 4) is 0 Å². The third-order valence-electron chi connectivity index (χ3n) is 2.98. The summed E-state index contributed by atoms with van der Waals surface area (Å²) in [6, 6.07) is 0. The second kappa shape index (κ2) is 4.04. The van der Waals surface area contributed by atoms with Crippen LogP contribution in [-0.2, 0) is 15.4 Å². The van der Waals surface area contributed by atoms with E-state index >= 15 is 0 Å². The smallest absolute Gasteiger partial charge is 0.260 e. The van der Waals surface area contributed by atoms with E-state index in [1.54, 1.807) is 0 Å². The predicted molar refractivity (Wildman–Crippen MR) is 58.9 cm³/mol. The lowest BCUT2D eigenvalue weighted by molar-refractivity contribution is 0.0243. The van der Waals surface area contributed by atoms with Gasteiger partial charge >= 0.3 is 0 Å². The molecule has 2 rings (SSSR count). The van der Waals surface area contributed by atoms with Gasteiger partial charge in [0.2, 0.25) is 0 Å². The zero-order valence-corrected chi connectivity index (χ0v) is 10.5. The van der Waals surface area contributed by atoms with Crippen molar-refractivity contribution in [2.45, 2.75) is 24.2 Å². The second-order valence-corrected chi connectivity index (χ2v) is 6.75. The van der Waals surface area contributed by atoms with Crippen LogP contribution in [0.3, 0.4) is 0 Å². The van der Waals surface area contributed by atoms with Crippen molar-refractivity contribution in [2.75, 3.05) is 19.3 Å². The molecule has 1 aliphatic heterocycles. The van der Waals surface area contributed by atoms with Crippen molar-refractivity contribution < 1.29 is 18.0 Å². The van der Waals surface area contributed by atoms with Crippen molar-refractivity contribution >= 4 is 9.84 Å². The number of nitrogens with one attached hydrogen (secondary N) is 1. The lowest BCUT2D eigenvalue weighted by Crippen LogP contribution is -2.28. The molecule has 0 bridgehead atoms. The number of aliphatic hydroxyl groups is 1. The summed E-state index contributed by atoms with van der Waals surface area (Å²) in [6.07, 6.45) is 1.58. The highest BCUT2D eigenvalue weighted by molar-refractivity contribution is 7.90. The Morgan fingerprint density at radius 1 is 1.59 bits per heavy atom. The Hall–Kier alpha value is -0.990. The van der Waals surface area contributed by atoms with Gasteiger partial charge in [0.25, 0.3) is 5.89 Å². The monoisotopic (exact) mass is 261 g/mol. The number of hydrogen-bond acceptors (Lipinski definition) is 7. The van der Waals surface area contributed by atoms with Crippen molar-refractivity contribution in [3.63, 3.8) is 0 Å². The third kappa shape index (κ3) is 2.33. The Bertz CT molecular complexity index is 504. The first-order valence-corrected chi connectivity index (χ1v) is 7.24. The normalized spacial score (nSPS) is 27.2. The first-order chi connectivity index (χ1) is 7.83. The zero-order chi connectivity index (χ0) is 12.7. The van der Waals surface area contributed by atoms with Gasteiger partial charge < -0.3 is 14.9 Å². The molecule has 8 heteroatoms. The summed E-state index contributed by atoms with van der Waals surface area (Å²) in [5.41, 5.74) is -1.18. The Morgan fingerprint density at radius 3 is 2.82 bits per heavy atom. The number of sulfone groups is 1. The van der Waals surface area contributed by atoms with E-state index in [-0.39, 0.29) is 11.7 Å². The van der Waals surface area contributed by atoms with Gasteiger partial charge in [0, 0.05) is 12.8 Å². The van der Waals surface area contributed by atoms with E-state index < -0.39 is 20.7 Å². The minimum atomic E-state index is -3.27. The largest absolute Gasteiger partial charge is 0.379 e. The Morgan fingerprint density at radius 2 is 2.29 bits per heavy atom. The molecule has 1 saturated heterocycles. The number of hydrogen-bond donors (Lipinski definition) is 2. The molecule has 2 heterocycles. The fourth-order valence-electron chi connectivity index (χ4n) is 1.64. The van der Waals surface area contributed by atoms with E-state index in [1.165, 1.54) is 6.92 Å². The molecule has 0 amide bonds. The molecule has 0 aromatic carbocycles. The van der Waals surface area contributed by atoms with Crippen LogP contribution >= 0.6 is 0 Å². The second-order valence-electron chi connectivity index (χ2n) is 4.39. The number of rotatable bonds is 3. The summed E-state index contributed by atoms with van der Waals surface area (Å²) in [5, 5.41) is 15.9. The molecule has 0 aliphatic carbocycles. The van der Waals surface area contributed by atoms with Crippen molar-refractivity contribution in [1.82, 2.24) is 15.5 Å². The molecule has 1 aliphatic rings. The Labute approximate surface area is 99.1 Å². The van der Waals surface area contributed by atoms with Crippen LogP contribution in [0.2, 0.25) is 0 Å². The highest BCUT2D eigenvalue weighted by atomic mass is 32.2. The molecule has 1 aromatic heterocycles. The van der Waals surface area contributed by atoms with Gasteiger partial charge in [-0.2, -0.15) is 4.98 Å². The molecule has 2 atom stereocenters. The van der Waals surface area contributed by atoms with Crippen molar-refractivity contribution in [2.24, 2.45) is 0 Å². The summed E-state index contributed by atoms with van der Waals surface area (Å²) in [6.45, 7) is 2.48. The van der Waals surface area contributed by atoms with Gasteiger partial charge in [0.1, 0.15) is 5.25 Å². The topological polar surface area (TPSA) is 105 Å². The number of aromatic nitrogens is 2. The van der Waals surface area contributed by atoms with E-state index in [0.29, 0.717) is 19.5 Å². The first kappa shape index (κ1) is 12.5. The van der Waals surface area contributed by atoms with Crippen molar-refractivity contribution in [3.05, 3.63) is 11.7 Å². The third-order valence-corrected chi connectivity index (χ3v) is 4.47. The fourth-order valence-corrected chi connectivity index (χ4v) is 2.12. The molecule has 0 saturated carbocycles. The highest BCUT2D eigenvalue weighted by Crippen LogP contribution is 2.28. The SMILES string of the molecule is CC(c1noc(C2(O)CCNC2)n1)S(C)(=O)=O. The maximum atomic E-state index is 11.3. The minimum absolute atomic E-state index is 0.0769. The first-order valence-electron chi connectivity index (χ1n) is 5.29. The van der Waals surface area contributed by atoms with Crippen LogP contribution in [0, 0.1) is 0 Å². The van der Waals surface area contributed by atoms with E-state index in [4.69, 9.17) is 4.52 Å². The van der Waals surface area contributed by atoms with Crippen LogP contribution < -0.4 is 5.32 Å². The van der Waals surface area contributed by atoms with Crippen LogP contribution in [0.25, 0.3) is 0 Å². The Balaban J connectivity index is 2.27. The quantitative estimate of drug-likeness (QED) is 0.745. The summed E-state index contributed by atoms with van der Waals surface area (Å²) in [5.74, 6) is 0.163. The van der Waals surface area contributed by atoms with Gasteiger partial charge in [0.15, 0.2) is 21.3 Å². The van der Waals surface area contributed by atoms with Crippen LogP contribution in [-0.4, -0.2) is 43.0 Å². The van der Waals surface area contributed by atoms with Crippen LogP contribution in [0.4, 0.5) is 0 Å². The van der Waals surface area contributed by atoms with Gasteiger partial charge in [-0.15, -0.1) is 0 Å². The standard InChI is InChI=1S/C9H15N3O4S/c1-6(17(2,14)15)7-11-8(16-12-7)9(13)3-4-10-5-9/h6,10,13H,3-5H2,1-2H3. The van der Waals surface area contributed by atoms with Crippen LogP contribution in [0.5, 0.6) is 0 Å². The molecule has 96 valence electrons. The summed E-state index contributed by atoms with van der Waals surface area (Å²) in [7, 11) is -3.27. The van der Waals surface area contributed by atoms with E-state index in [0.717, 1.165) is 6.26 Å². The molecule has 0 radical (unpaired) electrons. The lowest BCUT2D eigenvalue weighted by atomic mass is 10.0. The molecule has 1 fully saturated rings. The molecule has 2 unspecified atom stereocenters. The number of nitrogens with zero attached hydrogens (tertiary/aromatic N) is 2. The van der Waals surface area contributed by atoms with Gasteiger partial charge in [-0.3, -0.25) is 0 Å². The molecule has 17 heavy (non-hydrogen) atoms. The molecule has 2 N–H and O–H groups in total. The lowest BCUT2D eigenvalue weighted by Gasteiger charge is -2.14. The minimum Gasteiger partial charge on any atom is -0.379 e. The average Bonchev–Trinajstić information content (AvgIpc) is 2.84. The van der Waals surface area contributed by atoms with Gasteiger partial charge in [0.05, 0.1) is 0 Å². The number of β-amino-alcohol motifs (C(OH)–C–C–N with tert-alkyl or cyclic N) is 1. The van der Waals surface area contributed by atoms with E-state index in [9.17, 15) is 13.5 Å². The maximum absolute atomic E-state index is 11.3. The van der Waals surface area contributed by atoms with Gasteiger partial charge in [-0.05, 0) is 19.9 Å². The molecular formula is C9H15N3O4S. The van der Waals surface area contributed by atoms with Crippen LogP contribution in [0.15, 0.2) is 4.52 Å². The van der Waals surface area contributed by atoms with Gasteiger partial charge in [-0.25, -0.2) is 8.42 Å². The van der Waals surface area contributed by atoms with E-state index in [2.05, 4.69) is 15.5 Å².